The molecule has 1 aromatic heterocycles. The molecule has 0 aliphatic carbocycles. The first-order valence-corrected chi connectivity index (χ1v) is 5.14. The summed E-state index contributed by atoms with van der Waals surface area (Å²) in [5.74, 6) is 0. The molecule has 0 aromatic carbocycles. The number of halogens is 1. The molecule has 3 nitrogen and oxygen atoms in total. The highest BCUT2D eigenvalue weighted by Crippen LogP contribution is 2.23. The van der Waals surface area contributed by atoms with Gasteiger partial charge in [0.2, 0.25) is 0 Å². The standard InChI is InChI=1S/C8H14BrN3/c1-8(2,5-9)3-4-12-7-10-6-11-12/h6-7H,3-5H2,1-2H3. The summed E-state index contributed by atoms with van der Waals surface area (Å²) < 4.78 is 1.87. The average Bonchev–Trinajstić information content (AvgIpc) is 2.53. The molecule has 0 bridgehead atoms. The first-order valence-electron chi connectivity index (χ1n) is 4.02. The predicted molar refractivity (Wildman–Crippen MR) is 52.2 cm³/mol. The first-order chi connectivity index (χ1) is 5.64. The van der Waals surface area contributed by atoms with E-state index in [2.05, 4.69) is 39.9 Å². The van der Waals surface area contributed by atoms with Crippen LogP contribution in [0.2, 0.25) is 0 Å². The molecule has 1 rings (SSSR count). The minimum absolute atomic E-state index is 0.339. The fourth-order valence-electron chi connectivity index (χ4n) is 0.832. The Labute approximate surface area is 81.3 Å². The van der Waals surface area contributed by atoms with Crippen LogP contribution < -0.4 is 0 Å². The average molecular weight is 232 g/mol. The molecule has 0 amide bonds. The second-order valence-electron chi connectivity index (χ2n) is 3.71. The molecule has 0 unspecified atom stereocenters. The Bertz CT molecular complexity index is 218. The monoisotopic (exact) mass is 231 g/mol. The molecule has 68 valence electrons. The molecule has 1 heterocycles. The molecular formula is C8H14BrN3. The van der Waals surface area contributed by atoms with E-state index in [-0.39, 0.29) is 0 Å². The highest BCUT2D eigenvalue weighted by Gasteiger charge is 2.15. The van der Waals surface area contributed by atoms with Gasteiger partial charge in [-0.05, 0) is 11.8 Å². The summed E-state index contributed by atoms with van der Waals surface area (Å²) in [6.07, 6.45) is 4.44. The van der Waals surface area contributed by atoms with E-state index in [1.165, 1.54) is 0 Å². The number of hydrogen-bond donors (Lipinski definition) is 0. The zero-order valence-electron chi connectivity index (χ0n) is 7.50. The van der Waals surface area contributed by atoms with Crippen molar-refractivity contribution in [2.75, 3.05) is 5.33 Å². The van der Waals surface area contributed by atoms with Crippen molar-refractivity contribution >= 4 is 15.9 Å². The molecular weight excluding hydrogens is 218 g/mol. The quantitative estimate of drug-likeness (QED) is 0.744. The summed E-state index contributed by atoms with van der Waals surface area (Å²) in [5.41, 5.74) is 0.339. The van der Waals surface area contributed by atoms with Crippen molar-refractivity contribution in [1.29, 1.82) is 0 Å². The van der Waals surface area contributed by atoms with Crippen molar-refractivity contribution in [3.8, 4) is 0 Å². The van der Waals surface area contributed by atoms with Crippen LogP contribution in [0.3, 0.4) is 0 Å². The molecule has 0 atom stereocenters. The Kier molecular flexibility index (Phi) is 3.26. The van der Waals surface area contributed by atoms with Crippen molar-refractivity contribution in [1.82, 2.24) is 14.8 Å². The van der Waals surface area contributed by atoms with E-state index < -0.39 is 0 Å². The van der Waals surface area contributed by atoms with E-state index in [0.29, 0.717) is 5.41 Å². The molecule has 0 aliphatic rings. The number of rotatable bonds is 4. The van der Waals surface area contributed by atoms with E-state index in [9.17, 15) is 0 Å². The number of hydrogen-bond acceptors (Lipinski definition) is 2. The van der Waals surface area contributed by atoms with Crippen LogP contribution in [0.4, 0.5) is 0 Å². The fraction of sp³-hybridized carbons (Fsp3) is 0.750. The summed E-state index contributed by atoms with van der Waals surface area (Å²) in [6.45, 7) is 5.41. The van der Waals surface area contributed by atoms with Gasteiger partial charge in [0.15, 0.2) is 0 Å². The number of aryl methyl sites for hydroxylation is 1. The summed E-state index contributed by atoms with van der Waals surface area (Å²) >= 11 is 3.49. The lowest BCUT2D eigenvalue weighted by atomic mass is 9.92. The maximum absolute atomic E-state index is 4.04. The third kappa shape index (κ3) is 2.93. The zero-order valence-corrected chi connectivity index (χ0v) is 9.08. The Morgan fingerprint density at radius 2 is 2.25 bits per heavy atom. The Balaban J connectivity index is 2.36. The second-order valence-corrected chi connectivity index (χ2v) is 4.27. The normalized spacial score (nSPS) is 11.9. The molecule has 0 saturated heterocycles. The second kappa shape index (κ2) is 4.03. The van der Waals surface area contributed by atoms with E-state index in [1.54, 1.807) is 12.7 Å². The lowest BCUT2D eigenvalue weighted by Crippen LogP contribution is -2.16. The highest BCUT2D eigenvalue weighted by molar-refractivity contribution is 9.09. The predicted octanol–water partition coefficient (Wildman–Crippen LogP) is 2.09. The summed E-state index contributed by atoms with van der Waals surface area (Å²) in [5, 5.41) is 5.07. The molecule has 0 fully saturated rings. The summed E-state index contributed by atoms with van der Waals surface area (Å²) in [6, 6.07) is 0. The zero-order chi connectivity index (χ0) is 9.03. The van der Waals surface area contributed by atoms with Crippen LogP contribution in [-0.2, 0) is 6.54 Å². The summed E-state index contributed by atoms with van der Waals surface area (Å²) in [4.78, 5) is 3.89. The maximum Gasteiger partial charge on any atom is 0.137 e. The number of alkyl halides is 1. The van der Waals surface area contributed by atoms with Crippen LogP contribution in [0.5, 0.6) is 0 Å². The van der Waals surface area contributed by atoms with E-state index >= 15 is 0 Å². The molecule has 0 radical (unpaired) electrons. The van der Waals surface area contributed by atoms with Gasteiger partial charge in [-0.3, -0.25) is 4.68 Å². The van der Waals surface area contributed by atoms with Crippen molar-refractivity contribution in [2.24, 2.45) is 5.41 Å². The Morgan fingerprint density at radius 3 is 2.75 bits per heavy atom. The van der Waals surface area contributed by atoms with Crippen molar-refractivity contribution in [3.63, 3.8) is 0 Å². The van der Waals surface area contributed by atoms with Gasteiger partial charge < -0.3 is 0 Å². The van der Waals surface area contributed by atoms with Crippen LogP contribution >= 0.6 is 15.9 Å². The lowest BCUT2D eigenvalue weighted by molar-refractivity contribution is 0.351. The van der Waals surface area contributed by atoms with Gasteiger partial charge in [0.25, 0.3) is 0 Å². The number of aromatic nitrogens is 3. The van der Waals surface area contributed by atoms with Crippen LogP contribution in [0.15, 0.2) is 12.7 Å². The largest absolute Gasteiger partial charge is 0.253 e. The third-order valence-corrected chi connectivity index (χ3v) is 3.36. The lowest BCUT2D eigenvalue weighted by Gasteiger charge is -2.20. The molecule has 0 aliphatic heterocycles. The van der Waals surface area contributed by atoms with Crippen LogP contribution in [-0.4, -0.2) is 20.1 Å². The van der Waals surface area contributed by atoms with Gasteiger partial charge in [-0.2, -0.15) is 5.10 Å². The van der Waals surface area contributed by atoms with Crippen molar-refractivity contribution in [2.45, 2.75) is 26.8 Å². The fourth-order valence-corrected chi connectivity index (χ4v) is 1.11. The smallest absolute Gasteiger partial charge is 0.137 e. The van der Waals surface area contributed by atoms with Gasteiger partial charge in [-0.1, -0.05) is 29.8 Å². The molecule has 12 heavy (non-hydrogen) atoms. The third-order valence-electron chi connectivity index (χ3n) is 1.85. The minimum Gasteiger partial charge on any atom is -0.253 e. The molecule has 4 heteroatoms. The van der Waals surface area contributed by atoms with Crippen molar-refractivity contribution in [3.05, 3.63) is 12.7 Å². The molecule has 0 N–H and O–H groups in total. The molecule has 1 aromatic rings. The van der Waals surface area contributed by atoms with Gasteiger partial charge in [0, 0.05) is 11.9 Å². The van der Waals surface area contributed by atoms with E-state index in [4.69, 9.17) is 0 Å². The van der Waals surface area contributed by atoms with Crippen LogP contribution in [0.25, 0.3) is 0 Å². The Hall–Kier alpha value is -0.380. The first kappa shape index (κ1) is 9.71. The van der Waals surface area contributed by atoms with Crippen LogP contribution in [0, 0.1) is 5.41 Å². The summed E-state index contributed by atoms with van der Waals surface area (Å²) in [7, 11) is 0. The SMILES string of the molecule is CC(C)(CBr)CCn1cncn1. The van der Waals surface area contributed by atoms with E-state index in [0.717, 1.165) is 18.3 Å². The minimum atomic E-state index is 0.339. The van der Waals surface area contributed by atoms with Crippen LogP contribution in [0.1, 0.15) is 20.3 Å². The van der Waals surface area contributed by atoms with Crippen molar-refractivity contribution < 1.29 is 0 Å². The van der Waals surface area contributed by atoms with Gasteiger partial charge >= 0.3 is 0 Å². The van der Waals surface area contributed by atoms with Gasteiger partial charge in [0.1, 0.15) is 12.7 Å². The molecule has 0 spiro atoms. The highest BCUT2D eigenvalue weighted by atomic mass is 79.9. The van der Waals surface area contributed by atoms with E-state index in [1.807, 2.05) is 4.68 Å². The number of nitrogens with zero attached hydrogens (tertiary/aromatic N) is 3. The maximum atomic E-state index is 4.04. The topological polar surface area (TPSA) is 30.7 Å². The Morgan fingerprint density at radius 1 is 1.50 bits per heavy atom. The van der Waals surface area contributed by atoms with Gasteiger partial charge in [-0.25, -0.2) is 4.98 Å². The van der Waals surface area contributed by atoms with Gasteiger partial charge in [-0.15, -0.1) is 0 Å². The molecule has 0 saturated carbocycles. The van der Waals surface area contributed by atoms with Gasteiger partial charge in [0.05, 0.1) is 0 Å².